The molecule has 0 bridgehead atoms. The molecule has 4 heterocycles. The van der Waals surface area contributed by atoms with Crippen LogP contribution in [0.4, 0.5) is 25.0 Å². The first kappa shape index (κ1) is 23.1. The minimum absolute atomic E-state index is 0.0280. The van der Waals surface area contributed by atoms with Crippen LogP contribution in [0.5, 0.6) is 0 Å². The van der Waals surface area contributed by atoms with Crippen LogP contribution in [0, 0.1) is 17.6 Å². The Balaban J connectivity index is 1.72. The van der Waals surface area contributed by atoms with Crippen LogP contribution in [0.15, 0.2) is 12.3 Å². The topological polar surface area (TPSA) is 64.7 Å². The third kappa shape index (κ3) is 3.65. The van der Waals surface area contributed by atoms with E-state index in [0.717, 1.165) is 32.1 Å². The highest BCUT2D eigenvalue weighted by atomic mass is 35.5. The van der Waals surface area contributed by atoms with Gasteiger partial charge in [-0.3, -0.25) is 4.90 Å². The van der Waals surface area contributed by atoms with Crippen LogP contribution in [0.2, 0.25) is 5.02 Å². The summed E-state index contributed by atoms with van der Waals surface area (Å²) in [6.07, 6.45) is 1.86. The van der Waals surface area contributed by atoms with Gasteiger partial charge in [-0.25, -0.2) is 18.6 Å². The molecule has 3 aromatic rings. The molecule has 2 aliphatic heterocycles. The van der Waals surface area contributed by atoms with E-state index in [0.29, 0.717) is 27.7 Å². The third-order valence-corrected chi connectivity index (χ3v) is 7.02. The molecule has 1 amide bonds. The van der Waals surface area contributed by atoms with Gasteiger partial charge in [-0.1, -0.05) is 11.6 Å². The molecule has 2 saturated heterocycles. The van der Waals surface area contributed by atoms with Crippen molar-refractivity contribution in [2.45, 2.75) is 38.8 Å². The van der Waals surface area contributed by atoms with Crippen LogP contribution in [-0.4, -0.2) is 66.3 Å². The molecule has 0 saturated carbocycles. The number of benzene rings is 1. The highest BCUT2D eigenvalue weighted by Gasteiger charge is 2.42. The predicted molar refractivity (Wildman–Crippen MR) is 130 cm³/mol. The number of amides is 1. The first-order valence-corrected chi connectivity index (χ1v) is 11.7. The lowest BCUT2D eigenvalue weighted by Gasteiger charge is -2.28. The molecule has 2 aliphatic rings. The normalized spacial score (nSPS) is 21.0. The number of pyridine rings is 1. The van der Waals surface area contributed by atoms with Crippen LogP contribution >= 0.6 is 11.6 Å². The van der Waals surface area contributed by atoms with E-state index in [4.69, 9.17) is 16.3 Å². The molecule has 7 nitrogen and oxygen atoms in total. The minimum atomic E-state index is -1.07. The standard InChI is InChI=1S/C24H28ClF2N5O2/c1-24(2,3)34-23(33)31(5)15-8-14(26)19(27)17-18-21(13(25)9-28-22(18)29-20(15)17)32-7-6-12-10-30(4)11-16(12)32/h8-9,12,16H,6-7,10-11H2,1-5H3,(H,28,29)/t12-,16+/m0/s1. The van der Waals surface area contributed by atoms with E-state index in [1.165, 1.54) is 18.1 Å². The van der Waals surface area contributed by atoms with E-state index in [2.05, 4.69) is 26.8 Å². The molecule has 1 N–H and O–H groups in total. The van der Waals surface area contributed by atoms with Gasteiger partial charge in [0.25, 0.3) is 0 Å². The Morgan fingerprint density at radius 2 is 2.03 bits per heavy atom. The first-order chi connectivity index (χ1) is 16.0. The van der Waals surface area contributed by atoms with E-state index in [9.17, 15) is 9.18 Å². The molecule has 0 unspecified atom stereocenters. The zero-order valence-electron chi connectivity index (χ0n) is 19.9. The average Bonchev–Trinajstić information content (AvgIpc) is 3.41. The number of carbonyl (C=O) groups excluding carboxylic acids is 1. The molecule has 34 heavy (non-hydrogen) atoms. The number of carbonyl (C=O) groups is 1. The number of halogens is 3. The van der Waals surface area contributed by atoms with Gasteiger partial charge in [0.2, 0.25) is 0 Å². The van der Waals surface area contributed by atoms with Crippen molar-refractivity contribution in [2.24, 2.45) is 5.92 Å². The summed E-state index contributed by atoms with van der Waals surface area (Å²) in [5.41, 5.74) is 0.705. The summed E-state index contributed by atoms with van der Waals surface area (Å²) >= 11 is 6.65. The number of likely N-dealkylation sites (tertiary alicyclic amines) is 1. The number of rotatable bonds is 2. The molecule has 0 aliphatic carbocycles. The minimum Gasteiger partial charge on any atom is -0.443 e. The van der Waals surface area contributed by atoms with Gasteiger partial charge in [0.05, 0.1) is 38.9 Å². The predicted octanol–water partition coefficient (Wildman–Crippen LogP) is 5.16. The van der Waals surface area contributed by atoms with E-state index in [-0.39, 0.29) is 22.6 Å². The van der Waals surface area contributed by atoms with Crippen molar-refractivity contribution in [3.05, 3.63) is 28.9 Å². The van der Waals surface area contributed by atoms with E-state index in [1.54, 1.807) is 20.8 Å². The summed E-state index contributed by atoms with van der Waals surface area (Å²) in [6.45, 7) is 7.86. The maximum absolute atomic E-state index is 15.4. The van der Waals surface area contributed by atoms with Crippen molar-refractivity contribution >= 4 is 51.0 Å². The Kier molecular flexibility index (Phi) is 5.40. The summed E-state index contributed by atoms with van der Waals surface area (Å²) in [5, 5.41) is 0.836. The van der Waals surface area contributed by atoms with Gasteiger partial charge in [-0.05, 0) is 40.2 Å². The lowest BCUT2D eigenvalue weighted by Crippen LogP contribution is -2.34. The van der Waals surface area contributed by atoms with Gasteiger partial charge in [0.15, 0.2) is 11.6 Å². The molecule has 2 fully saturated rings. The number of hydrogen-bond acceptors (Lipinski definition) is 5. The number of nitrogens with zero attached hydrogens (tertiary/aromatic N) is 4. The number of H-pyrrole nitrogens is 1. The van der Waals surface area contributed by atoms with E-state index in [1.807, 2.05) is 0 Å². The summed E-state index contributed by atoms with van der Waals surface area (Å²) < 4.78 is 35.7. The van der Waals surface area contributed by atoms with Crippen LogP contribution in [0.1, 0.15) is 27.2 Å². The smallest absolute Gasteiger partial charge is 0.414 e. The van der Waals surface area contributed by atoms with Gasteiger partial charge in [0.1, 0.15) is 11.2 Å². The molecule has 2 atom stereocenters. The lowest BCUT2D eigenvalue weighted by molar-refractivity contribution is 0.0589. The number of hydrogen-bond donors (Lipinski definition) is 1. The molecule has 1 aromatic carbocycles. The molecule has 0 spiro atoms. The zero-order chi connectivity index (χ0) is 24.5. The maximum Gasteiger partial charge on any atom is 0.414 e. The van der Waals surface area contributed by atoms with Gasteiger partial charge >= 0.3 is 6.09 Å². The third-order valence-electron chi connectivity index (χ3n) is 6.75. The molecular weight excluding hydrogens is 464 g/mol. The Morgan fingerprint density at radius 1 is 1.29 bits per heavy atom. The van der Waals surface area contributed by atoms with Crippen molar-refractivity contribution in [1.29, 1.82) is 0 Å². The van der Waals surface area contributed by atoms with Crippen molar-refractivity contribution in [1.82, 2.24) is 14.9 Å². The first-order valence-electron chi connectivity index (χ1n) is 11.4. The van der Waals surface area contributed by atoms with Crippen molar-refractivity contribution in [3.63, 3.8) is 0 Å². The maximum atomic E-state index is 15.4. The van der Waals surface area contributed by atoms with Gasteiger partial charge < -0.3 is 19.5 Å². The molecule has 2 aromatic heterocycles. The number of fused-ring (bicyclic) bond motifs is 4. The van der Waals surface area contributed by atoms with Crippen molar-refractivity contribution < 1.29 is 18.3 Å². The van der Waals surface area contributed by atoms with Gasteiger partial charge in [-0.2, -0.15) is 0 Å². The molecular formula is C24H28ClF2N5O2. The quantitative estimate of drug-likeness (QED) is 0.536. The Bertz CT molecular complexity index is 1300. The van der Waals surface area contributed by atoms with Crippen molar-refractivity contribution in [3.8, 4) is 0 Å². The number of aromatic amines is 1. The lowest BCUT2D eigenvalue weighted by atomic mass is 10.0. The zero-order valence-corrected chi connectivity index (χ0v) is 20.6. The average molecular weight is 492 g/mol. The molecule has 10 heteroatoms. The number of anilines is 2. The summed E-state index contributed by atoms with van der Waals surface area (Å²) in [5.74, 6) is -1.58. The van der Waals surface area contributed by atoms with Gasteiger partial charge in [0, 0.05) is 38.8 Å². The Morgan fingerprint density at radius 3 is 2.74 bits per heavy atom. The Hall–Kier alpha value is -2.65. The number of ether oxygens (including phenoxy) is 1. The second kappa shape index (κ2) is 7.95. The van der Waals surface area contributed by atoms with E-state index < -0.39 is 23.3 Å². The second-order valence-corrected chi connectivity index (χ2v) is 10.7. The summed E-state index contributed by atoms with van der Waals surface area (Å²) in [7, 11) is 3.55. The van der Waals surface area contributed by atoms with Crippen LogP contribution in [0.3, 0.4) is 0 Å². The second-order valence-electron chi connectivity index (χ2n) is 10.3. The molecule has 182 valence electrons. The van der Waals surface area contributed by atoms with Crippen LogP contribution < -0.4 is 9.80 Å². The fourth-order valence-electron chi connectivity index (χ4n) is 5.33. The number of nitrogens with one attached hydrogen (secondary N) is 1. The summed E-state index contributed by atoms with van der Waals surface area (Å²) in [4.78, 5) is 25.9. The Labute approximate surface area is 201 Å². The summed E-state index contributed by atoms with van der Waals surface area (Å²) in [6, 6.07) is 1.23. The number of aromatic nitrogens is 2. The fourth-order valence-corrected chi connectivity index (χ4v) is 5.58. The number of likely N-dealkylation sites (N-methyl/N-ethyl adjacent to an activating group) is 1. The highest BCUT2D eigenvalue weighted by molar-refractivity contribution is 6.36. The largest absolute Gasteiger partial charge is 0.443 e. The molecule has 5 rings (SSSR count). The van der Waals surface area contributed by atoms with Crippen molar-refractivity contribution in [2.75, 3.05) is 43.5 Å². The highest BCUT2D eigenvalue weighted by Crippen LogP contribution is 2.45. The van der Waals surface area contributed by atoms with Crippen LogP contribution in [-0.2, 0) is 4.74 Å². The fraction of sp³-hybridized carbons (Fsp3) is 0.500. The van der Waals surface area contributed by atoms with Crippen LogP contribution in [0.25, 0.3) is 21.9 Å². The van der Waals surface area contributed by atoms with E-state index >= 15 is 4.39 Å². The van der Waals surface area contributed by atoms with Gasteiger partial charge in [-0.15, -0.1) is 0 Å². The molecule has 0 radical (unpaired) electrons. The SMILES string of the molecule is CN1C[C@@H]2CCN(c3c(Cl)cnc4[nH]c5c(N(C)C(=O)OC(C)(C)C)cc(F)c(F)c5c34)[C@@H]2C1. The monoisotopic (exact) mass is 491 g/mol.